The van der Waals surface area contributed by atoms with Crippen molar-refractivity contribution in [3.63, 3.8) is 0 Å². The number of fused-ring (bicyclic) bond motifs is 2. The van der Waals surface area contributed by atoms with Crippen LogP contribution < -0.4 is 0 Å². The zero-order valence-electron chi connectivity index (χ0n) is 11.8. The monoisotopic (exact) mass is 332 g/mol. The minimum Gasteiger partial charge on any atom is -0.481 e. The van der Waals surface area contributed by atoms with E-state index in [1.54, 1.807) is 25.1 Å². The van der Waals surface area contributed by atoms with Crippen LogP contribution in [0.2, 0.25) is 5.02 Å². The first-order valence-electron chi connectivity index (χ1n) is 6.82. The van der Waals surface area contributed by atoms with Gasteiger partial charge >= 0.3 is 5.97 Å². The van der Waals surface area contributed by atoms with E-state index in [9.17, 15) is 9.59 Å². The van der Waals surface area contributed by atoms with Crippen LogP contribution in [0.25, 0.3) is 0 Å². The Balaban J connectivity index is 2.08. The molecule has 0 radical (unpaired) electrons. The summed E-state index contributed by atoms with van der Waals surface area (Å²) in [5, 5.41) is 9.72. The van der Waals surface area contributed by atoms with Crippen molar-refractivity contribution in [2.24, 2.45) is 0 Å². The number of hydrogen-bond acceptors (Lipinski definition) is 3. The Bertz CT molecular complexity index is 785. The van der Waals surface area contributed by atoms with Gasteiger partial charge in [-0.2, -0.15) is 0 Å². The highest BCUT2D eigenvalue weighted by Crippen LogP contribution is 2.40. The molecule has 3 nitrogen and oxygen atoms in total. The van der Waals surface area contributed by atoms with Gasteiger partial charge in [0.05, 0.1) is 5.92 Å². The molecule has 2 aromatic rings. The first kappa shape index (κ1) is 15.1. The molecule has 0 amide bonds. The van der Waals surface area contributed by atoms with Gasteiger partial charge in [0, 0.05) is 26.8 Å². The number of ketones is 1. The topological polar surface area (TPSA) is 54.4 Å². The molecule has 3 rings (SSSR count). The number of halogens is 1. The highest BCUT2D eigenvalue weighted by molar-refractivity contribution is 7.99. The zero-order chi connectivity index (χ0) is 15.9. The number of Topliss-reactive ketones (excluding diaryl/α,β-unsaturated/α-hetero) is 1. The van der Waals surface area contributed by atoms with Crippen molar-refractivity contribution in [3.05, 3.63) is 58.1 Å². The molecule has 0 bridgehead atoms. The molecule has 2 aromatic carbocycles. The largest absolute Gasteiger partial charge is 0.481 e. The Kier molecular flexibility index (Phi) is 3.98. The van der Waals surface area contributed by atoms with Gasteiger partial charge in [-0.05, 0) is 42.3 Å². The molecule has 112 valence electrons. The number of rotatable bonds is 2. The van der Waals surface area contributed by atoms with Crippen molar-refractivity contribution in [1.82, 2.24) is 0 Å². The van der Waals surface area contributed by atoms with Crippen molar-refractivity contribution < 1.29 is 14.7 Å². The molecule has 0 saturated carbocycles. The standard InChI is InChI=1S/C17H13ClO3S/c1-9(17(20)21)10-5-6-16-12(7-10)14(19)8-11-13(18)3-2-4-15(11)22-16/h2-7,9H,8H2,1H3,(H,20,21). The van der Waals surface area contributed by atoms with Crippen LogP contribution in [0, 0.1) is 0 Å². The van der Waals surface area contributed by atoms with Crippen molar-refractivity contribution in [2.75, 3.05) is 0 Å². The molecule has 1 aliphatic heterocycles. The lowest BCUT2D eigenvalue weighted by atomic mass is 9.96. The van der Waals surface area contributed by atoms with Gasteiger partial charge in [-0.1, -0.05) is 35.5 Å². The molecule has 5 heteroatoms. The lowest BCUT2D eigenvalue weighted by molar-refractivity contribution is -0.138. The molecule has 22 heavy (non-hydrogen) atoms. The van der Waals surface area contributed by atoms with Crippen LogP contribution in [-0.2, 0) is 11.2 Å². The average molecular weight is 333 g/mol. The molecule has 1 atom stereocenters. The normalized spacial score (nSPS) is 14.7. The predicted octanol–water partition coefficient (Wildman–Crippen LogP) is 4.42. The third-order valence-electron chi connectivity index (χ3n) is 3.81. The summed E-state index contributed by atoms with van der Waals surface area (Å²) in [6.07, 6.45) is 0.236. The minimum atomic E-state index is -0.903. The minimum absolute atomic E-state index is 0.0335. The fraction of sp³-hybridized carbons (Fsp3) is 0.176. The number of carboxylic acids is 1. The number of carboxylic acid groups (broad SMARTS) is 1. The lowest BCUT2D eigenvalue weighted by Gasteiger charge is -2.10. The molecule has 0 spiro atoms. The summed E-state index contributed by atoms with van der Waals surface area (Å²) in [6, 6.07) is 10.9. The zero-order valence-corrected chi connectivity index (χ0v) is 13.4. The number of carbonyl (C=O) groups excluding carboxylic acids is 1. The van der Waals surface area contributed by atoms with Crippen LogP contribution in [0.15, 0.2) is 46.2 Å². The van der Waals surface area contributed by atoms with E-state index in [1.165, 1.54) is 11.8 Å². The summed E-state index contributed by atoms with van der Waals surface area (Å²) in [6.45, 7) is 1.62. The van der Waals surface area contributed by atoms with Crippen LogP contribution in [0.4, 0.5) is 0 Å². The Labute approximate surface area is 137 Å². The molecule has 1 unspecified atom stereocenters. The van der Waals surface area contributed by atoms with Crippen LogP contribution in [0.1, 0.15) is 34.3 Å². The quantitative estimate of drug-likeness (QED) is 0.884. The summed E-state index contributed by atoms with van der Waals surface area (Å²) in [4.78, 5) is 25.5. The molecule has 1 aliphatic rings. The third kappa shape index (κ3) is 2.64. The van der Waals surface area contributed by atoms with E-state index in [0.717, 1.165) is 15.4 Å². The summed E-state index contributed by atoms with van der Waals surface area (Å²) in [5.41, 5.74) is 2.04. The molecule has 0 aliphatic carbocycles. The summed E-state index contributed by atoms with van der Waals surface area (Å²) < 4.78 is 0. The second-order valence-electron chi connectivity index (χ2n) is 5.23. The summed E-state index contributed by atoms with van der Waals surface area (Å²) >= 11 is 7.70. The van der Waals surface area contributed by atoms with Gasteiger partial charge in [0.25, 0.3) is 0 Å². The van der Waals surface area contributed by atoms with Crippen molar-refractivity contribution in [1.29, 1.82) is 0 Å². The fourth-order valence-electron chi connectivity index (χ4n) is 2.45. The van der Waals surface area contributed by atoms with E-state index >= 15 is 0 Å². The predicted molar refractivity (Wildman–Crippen MR) is 86.1 cm³/mol. The van der Waals surface area contributed by atoms with Crippen LogP contribution in [-0.4, -0.2) is 16.9 Å². The van der Waals surface area contributed by atoms with Crippen LogP contribution in [0.3, 0.4) is 0 Å². The Morgan fingerprint density at radius 1 is 1.27 bits per heavy atom. The van der Waals surface area contributed by atoms with Gasteiger partial charge in [-0.3, -0.25) is 9.59 Å². The molecule has 1 N–H and O–H groups in total. The maximum Gasteiger partial charge on any atom is 0.310 e. The smallest absolute Gasteiger partial charge is 0.310 e. The molecule has 1 heterocycles. The van der Waals surface area contributed by atoms with E-state index in [2.05, 4.69) is 0 Å². The molecule has 0 fully saturated rings. The number of carbonyl (C=O) groups is 2. The summed E-state index contributed by atoms with van der Waals surface area (Å²) in [5.74, 6) is -1.58. The van der Waals surface area contributed by atoms with Gasteiger partial charge in [0.1, 0.15) is 0 Å². The van der Waals surface area contributed by atoms with Gasteiger partial charge in [-0.15, -0.1) is 0 Å². The highest BCUT2D eigenvalue weighted by atomic mass is 35.5. The first-order chi connectivity index (χ1) is 10.5. The highest BCUT2D eigenvalue weighted by Gasteiger charge is 2.24. The third-order valence-corrected chi connectivity index (χ3v) is 5.34. The second kappa shape index (κ2) is 5.78. The van der Waals surface area contributed by atoms with Crippen molar-refractivity contribution in [3.8, 4) is 0 Å². The molecular formula is C17H13ClO3S. The van der Waals surface area contributed by atoms with E-state index in [0.29, 0.717) is 16.1 Å². The Morgan fingerprint density at radius 3 is 2.77 bits per heavy atom. The number of hydrogen-bond donors (Lipinski definition) is 1. The lowest BCUT2D eigenvalue weighted by Crippen LogP contribution is -2.10. The Morgan fingerprint density at radius 2 is 2.05 bits per heavy atom. The average Bonchev–Trinajstić information content (AvgIpc) is 2.63. The van der Waals surface area contributed by atoms with Gasteiger partial charge in [-0.25, -0.2) is 0 Å². The van der Waals surface area contributed by atoms with Crippen LogP contribution in [0.5, 0.6) is 0 Å². The number of aliphatic carboxylic acids is 1. The van der Waals surface area contributed by atoms with Crippen LogP contribution >= 0.6 is 23.4 Å². The maximum atomic E-state index is 12.5. The van der Waals surface area contributed by atoms with Gasteiger partial charge in [0.15, 0.2) is 5.78 Å². The second-order valence-corrected chi connectivity index (χ2v) is 6.73. The summed E-state index contributed by atoms with van der Waals surface area (Å²) in [7, 11) is 0. The van der Waals surface area contributed by atoms with Gasteiger partial charge < -0.3 is 5.11 Å². The van der Waals surface area contributed by atoms with Gasteiger partial charge in [0.2, 0.25) is 0 Å². The number of benzene rings is 2. The van der Waals surface area contributed by atoms with E-state index in [-0.39, 0.29) is 12.2 Å². The van der Waals surface area contributed by atoms with E-state index < -0.39 is 11.9 Å². The Hall–Kier alpha value is -1.78. The molecular weight excluding hydrogens is 320 g/mol. The SMILES string of the molecule is CC(C(=O)O)c1ccc2c(c1)C(=O)Cc1c(Cl)cccc1S2. The van der Waals surface area contributed by atoms with Crippen molar-refractivity contribution >= 4 is 35.1 Å². The fourth-order valence-corrected chi connectivity index (χ4v) is 3.85. The molecule has 0 saturated heterocycles. The van der Waals surface area contributed by atoms with Crippen molar-refractivity contribution in [2.45, 2.75) is 29.1 Å². The first-order valence-corrected chi connectivity index (χ1v) is 8.02. The molecule has 0 aromatic heterocycles. The van der Waals surface area contributed by atoms with E-state index in [4.69, 9.17) is 16.7 Å². The maximum absolute atomic E-state index is 12.5. The van der Waals surface area contributed by atoms with E-state index in [1.807, 2.05) is 18.2 Å².